The lowest BCUT2D eigenvalue weighted by Crippen LogP contribution is -2.26. The molecule has 0 saturated heterocycles. The van der Waals surface area contributed by atoms with Gasteiger partial charge < -0.3 is 4.90 Å². The van der Waals surface area contributed by atoms with Gasteiger partial charge in [0.15, 0.2) is 0 Å². The Morgan fingerprint density at radius 3 is 2.42 bits per heavy atom. The third kappa shape index (κ3) is 3.19. The van der Waals surface area contributed by atoms with E-state index in [1.165, 1.54) is 10.8 Å². The molecule has 19 heavy (non-hydrogen) atoms. The number of hydrogen-bond donors (Lipinski definition) is 0. The highest BCUT2D eigenvalue weighted by atomic mass is 35.5. The first-order chi connectivity index (χ1) is 9.30. The zero-order chi connectivity index (χ0) is 13.7. The van der Waals surface area contributed by atoms with Gasteiger partial charge in [0, 0.05) is 18.5 Å². The molecule has 0 saturated carbocycles. The molecule has 0 aliphatic carbocycles. The number of nitrogens with zero attached hydrogens (tertiary/aromatic N) is 2. The monoisotopic (exact) mass is 276 g/mol. The van der Waals surface area contributed by atoms with Crippen LogP contribution in [-0.4, -0.2) is 18.1 Å². The largest absolute Gasteiger partial charge is 0.356 e. The fourth-order valence-electron chi connectivity index (χ4n) is 2.41. The molecule has 0 bridgehead atoms. The van der Waals surface area contributed by atoms with Gasteiger partial charge in [-0.15, -0.1) is 11.6 Å². The van der Waals surface area contributed by atoms with Crippen molar-refractivity contribution in [1.82, 2.24) is 4.98 Å². The minimum absolute atomic E-state index is 0.462. The molecule has 1 aromatic carbocycles. The molecule has 0 fully saturated rings. The van der Waals surface area contributed by atoms with E-state index in [2.05, 4.69) is 49.1 Å². The van der Waals surface area contributed by atoms with Crippen molar-refractivity contribution in [2.24, 2.45) is 0 Å². The fraction of sp³-hybridized carbons (Fsp3) is 0.438. The SMILES string of the molecule is CCCN(CCC)c1nc(CCl)cc2ccccc12. The molecule has 0 atom stereocenters. The van der Waals surface area contributed by atoms with E-state index in [1.807, 2.05) is 0 Å². The quantitative estimate of drug-likeness (QED) is 0.717. The van der Waals surface area contributed by atoms with E-state index >= 15 is 0 Å². The van der Waals surface area contributed by atoms with Crippen LogP contribution in [0.5, 0.6) is 0 Å². The molecule has 0 N–H and O–H groups in total. The summed E-state index contributed by atoms with van der Waals surface area (Å²) >= 11 is 5.98. The number of alkyl halides is 1. The van der Waals surface area contributed by atoms with Gasteiger partial charge in [-0.3, -0.25) is 0 Å². The molecule has 0 radical (unpaired) electrons. The first-order valence-corrected chi connectivity index (χ1v) is 7.53. The van der Waals surface area contributed by atoms with Crippen molar-refractivity contribution in [3.63, 3.8) is 0 Å². The number of benzene rings is 1. The smallest absolute Gasteiger partial charge is 0.136 e. The maximum Gasteiger partial charge on any atom is 0.136 e. The number of fused-ring (bicyclic) bond motifs is 1. The van der Waals surface area contributed by atoms with Gasteiger partial charge in [-0.05, 0) is 24.3 Å². The third-order valence-electron chi connectivity index (χ3n) is 3.20. The lowest BCUT2D eigenvalue weighted by atomic mass is 10.1. The van der Waals surface area contributed by atoms with Crippen LogP contribution in [0.1, 0.15) is 32.4 Å². The molecule has 0 aliphatic rings. The summed E-state index contributed by atoms with van der Waals surface area (Å²) in [7, 11) is 0. The fourth-order valence-corrected chi connectivity index (χ4v) is 2.54. The maximum atomic E-state index is 5.98. The highest BCUT2D eigenvalue weighted by Crippen LogP contribution is 2.26. The lowest BCUT2D eigenvalue weighted by Gasteiger charge is -2.24. The van der Waals surface area contributed by atoms with Crippen molar-refractivity contribution >= 4 is 28.2 Å². The van der Waals surface area contributed by atoms with Crippen LogP contribution in [0.15, 0.2) is 30.3 Å². The molecule has 1 aromatic heterocycles. The lowest BCUT2D eigenvalue weighted by molar-refractivity contribution is 0.736. The maximum absolute atomic E-state index is 5.98. The molecule has 3 heteroatoms. The molecule has 0 unspecified atom stereocenters. The molecule has 1 heterocycles. The predicted molar refractivity (Wildman–Crippen MR) is 84.1 cm³/mol. The van der Waals surface area contributed by atoms with Gasteiger partial charge in [-0.25, -0.2) is 4.98 Å². The number of hydrogen-bond acceptors (Lipinski definition) is 2. The molecule has 2 nitrogen and oxygen atoms in total. The Balaban J connectivity index is 2.54. The van der Waals surface area contributed by atoms with Gasteiger partial charge in [-0.1, -0.05) is 38.1 Å². The summed E-state index contributed by atoms with van der Waals surface area (Å²) in [6.45, 7) is 6.49. The van der Waals surface area contributed by atoms with E-state index in [1.54, 1.807) is 0 Å². The Bertz CT molecular complexity index is 533. The Hall–Kier alpha value is -1.28. The van der Waals surface area contributed by atoms with E-state index < -0.39 is 0 Å². The topological polar surface area (TPSA) is 16.1 Å². The average Bonchev–Trinajstić information content (AvgIpc) is 2.46. The van der Waals surface area contributed by atoms with Crippen molar-refractivity contribution in [3.8, 4) is 0 Å². The molecular weight excluding hydrogens is 256 g/mol. The van der Waals surface area contributed by atoms with Crippen LogP contribution < -0.4 is 4.90 Å². The van der Waals surface area contributed by atoms with Crippen molar-refractivity contribution < 1.29 is 0 Å². The van der Waals surface area contributed by atoms with Crippen LogP contribution in [0, 0.1) is 0 Å². The van der Waals surface area contributed by atoms with Crippen LogP contribution in [0.4, 0.5) is 5.82 Å². The highest BCUT2D eigenvalue weighted by molar-refractivity contribution is 6.17. The number of anilines is 1. The van der Waals surface area contributed by atoms with E-state index in [-0.39, 0.29) is 0 Å². The van der Waals surface area contributed by atoms with Crippen LogP contribution in [0.2, 0.25) is 0 Å². The van der Waals surface area contributed by atoms with E-state index in [0.717, 1.165) is 37.4 Å². The molecule has 0 aliphatic heterocycles. The van der Waals surface area contributed by atoms with Crippen LogP contribution in [0.25, 0.3) is 10.8 Å². The first-order valence-electron chi connectivity index (χ1n) is 6.99. The summed E-state index contributed by atoms with van der Waals surface area (Å²) in [6.07, 6.45) is 2.25. The minimum atomic E-state index is 0.462. The van der Waals surface area contributed by atoms with Crippen LogP contribution in [-0.2, 0) is 5.88 Å². The predicted octanol–water partition coefficient (Wildman–Crippen LogP) is 4.60. The highest BCUT2D eigenvalue weighted by Gasteiger charge is 2.11. The Labute approximate surface area is 120 Å². The zero-order valence-corrected chi connectivity index (χ0v) is 12.5. The van der Waals surface area contributed by atoms with Gasteiger partial charge >= 0.3 is 0 Å². The summed E-state index contributed by atoms with van der Waals surface area (Å²) in [5.74, 6) is 1.54. The molecule has 2 rings (SSSR count). The van der Waals surface area contributed by atoms with Gasteiger partial charge in [0.2, 0.25) is 0 Å². The molecule has 102 valence electrons. The van der Waals surface area contributed by atoms with Gasteiger partial charge in [0.05, 0.1) is 11.6 Å². The molecular formula is C16H21ClN2. The van der Waals surface area contributed by atoms with Gasteiger partial charge in [-0.2, -0.15) is 0 Å². The van der Waals surface area contributed by atoms with Crippen molar-refractivity contribution in [2.75, 3.05) is 18.0 Å². The number of aromatic nitrogens is 1. The second-order valence-electron chi connectivity index (χ2n) is 4.78. The number of halogens is 1. The minimum Gasteiger partial charge on any atom is -0.356 e. The zero-order valence-electron chi connectivity index (χ0n) is 11.7. The summed E-state index contributed by atoms with van der Waals surface area (Å²) in [5, 5.41) is 2.44. The molecule has 0 spiro atoms. The standard InChI is InChI=1S/C16H21ClN2/c1-3-9-19(10-4-2)16-15-8-6-5-7-13(15)11-14(12-17)18-16/h5-8,11H,3-4,9-10,12H2,1-2H3. The number of rotatable bonds is 6. The van der Waals surface area contributed by atoms with Gasteiger partial charge in [0.1, 0.15) is 5.82 Å². The Kier molecular flexibility index (Phi) is 5.03. The van der Waals surface area contributed by atoms with Crippen LogP contribution >= 0.6 is 11.6 Å². The average molecular weight is 277 g/mol. The number of pyridine rings is 1. The van der Waals surface area contributed by atoms with Crippen molar-refractivity contribution in [2.45, 2.75) is 32.6 Å². The second-order valence-corrected chi connectivity index (χ2v) is 5.05. The van der Waals surface area contributed by atoms with E-state index in [9.17, 15) is 0 Å². The molecule has 0 amide bonds. The third-order valence-corrected chi connectivity index (χ3v) is 3.47. The van der Waals surface area contributed by atoms with E-state index in [4.69, 9.17) is 16.6 Å². The summed E-state index contributed by atoms with van der Waals surface area (Å²) < 4.78 is 0. The van der Waals surface area contributed by atoms with E-state index in [0.29, 0.717) is 5.88 Å². The Morgan fingerprint density at radius 1 is 1.11 bits per heavy atom. The van der Waals surface area contributed by atoms with Crippen molar-refractivity contribution in [3.05, 3.63) is 36.0 Å². The first kappa shape index (κ1) is 14.1. The second kappa shape index (κ2) is 6.76. The summed E-state index contributed by atoms with van der Waals surface area (Å²) in [4.78, 5) is 7.12. The van der Waals surface area contributed by atoms with Gasteiger partial charge in [0.25, 0.3) is 0 Å². The summed E-state index contributed by atoms with van der Waals surface area (Å²) in [5.41, 5.74) is 0.951. The Morgan fingerprint density at radius 2 is 1.79 bits per heavy atom. The summed E-state index contributed by atoms with van der Waals surface area (Å²) in [6, 6.07) is 10.5. The van der Waals surface area contributed by atoms with Crippen molar-refractivity contribution in [1.29, 1.82) is 0 Å². The van der Waals surface area contributed by atoms with Crippen LogP contribution in [0.3, 0.4) is 0 Å². The normalized spacial score (nSPS) is 10.9. The molecule has 2 aromatic rings.